The first-order chi connectivity index (χ1) is 18.3. The summed E-state index contributed by atoms with van der Waals surface area (Å²) in [6, 6.07) is 4.74. The quantitative estimate of drug-likeness (QED) is 0.383. The van der Waals surface area contributed by atoms with Gasteiger partial charge in [0.1, 0.15) is 5.75 Å². The number of piperidine rings is 1. The Morgan fingerprint density at radius 1 is 0.947 bits per heavy atom. The van der Waals surface area contributed by atoms with Gasteiger partial charge in [-0.3, -0.25) is 9.59 Å². The second-order valence-electron chi connectivity index (χ2n) is 12.3. The molecule has 2 unspecified atom stereocenters. The molecule has 5 fully saturated rings. The summed E-state index contributed by atoms with van der Waals surface area (Å²) in [6.45, 7) is 1.40. The Kier molecular flexibility index (Phi) is 8.49. The first-order valence-corrected chi connectivity index (χ1v) is 15.2. The van der Waals surface area contributed by atoms with Crippen molar-refractivity contribution in [2.75, 3.05) is 19.7 Å². The van der Waals surface area contributed by atoms with E-state index in [-0.39, 0.29) is 41.0 Å². The smallest absolute Gasteiger partial charge is 0.258 e. The van der Waals surface area contributed by atoms with Crippen LogP contribution < -0.4 is 26.4 Å². The fourth-order valence-corrected chi connectivity index (χ4v) is 8.17. The van der Waals surface area contributed by atoms with Gasteiger partial charge in [0.25, 0.3) is 5.91 Å². The Bertz CT molecular complexity index is 1010. The molecule has 1 heterocycles. The summed E-state index contributed by atoms with van der Waals surface area (Å²) in [5.74, 6) is 0.841. The van der Waals surface area contributed by atoms with Crippen LogP contribution in [0.15, 0.2) is 18.2 Å². The summed E-state index contributed by atoms with van der Waals surface area (Å²) in [7, 11) is 0. The summed E-state index contributed by atoms with van der Waals surface area (Å²) >= 11 is 12.0. The van der Waals surface area contributed by atoms with Gasteiger partial charge in [-0.05, 0) is 75.1 Å². The number of hydrogen-bond donors (Lipinski definition) is 4. The molecule has 7 nitrogen and oxygen atoms in total. The van der Waals surface area contributed by atoms with Crippen molar-refractivity contribution in [3.05, 3.63) is 28.2 Å². The fraction of sp³-hybridized carbons (Fsp3) is 0.724. The summed E-state index contributed by atoms with van der Waals surface area (Å²) in [6.07, 6.45) is 14.3. The van der Waals surface area contributed by atoms with Crippen LogP contribution in [0.4, 0.5) is 0 Å². The lowest BCUT2D eigenvalue weighted by atomic mass is 9.44. The van der Waals surface area contributed by atoms with E-state index in [2.05, 4.69) is 16.0 Å². The summed E-state index contributed by atoms with van der Waals surface area (Å²) in [4.78, 5) is 26.4. The first-order valence-electron chi connectivity index (χ1n) is 14.4. The van der Waals surface area contributed by atoms with Crippen molar-refractivity contribution in [3.63, 3.8) is 0 Å². The SMILES string of the molecule is NCC1CCNC(C(=O)NC23CC(NC(=O)COc4ccc(Cl)c(Cl)c4)(C2)C3)C12CCCCCCCCC2. The van der Waals surface area contributed by atoms with Crippen molar-refractivity contribution < 1.29 is 14.3 Å². The molecule has 9 heteroatoms. The predicted octanol–water partition coefficient (Wildman–Crippen LogP) is 4.73. The molecule has 5 N–H and O–H groups in total. The average Bonchev–Trinajstić information content (AvgIpc) is 2.86. The predicted molar refractivity (Wildman–Crippen MR) is 150 cm³/mol. The van der Waals surface area contributed by atoms with Gasteiger partial charge in [-0.1, -0.05) is 68.1 Å². The highest BCUT2D eigenvalue weighted by atomic mass is 35.5. The molecule has 0 radical (unpaired) electrons. The highest BCUT2D eigenvalue weighted by Gasteiger charge is 2.69. The van der Waals surface area contributed by atoms with E-state index in [1.54, 1.807) is 18.2 Å². The van der Waals surface area contributed by atoms with E-state index < -0.39 is 0 Å². The van der Waals surface area contributed by atoms with E-state index in [0.717, 1.165) is 45.1 Å². The van der Waals surface area contributed by atoms with Gasteiger partial charge in [0, 0.05) is 17.1 Å². The molecule has 2 amide bonds. The Hall–Kier alpha value is -1.54. The zero-order chi connectivity index (χ0) is 26.8. The molecule has 210 valence electrons. The van der Waals surface area contributed by atoms with Crippen molar-refractivity contribution in [3.8, 4) is 5.75 Å². The van der Waals surface area contributed by atoms with E-state index >= 15 is 0 Å². The molecule has 1 aromatic rings. The van der Waals surface area contributed by atoms with Crippen LogP contribution in [0, 0.1) is 11.3 Å². The minimum absolute atomic E-state index is 0.0637. The van der Waals surface area contributed by atoms with Crippen LogP contribution >= 0.6 is 23.2 Å². The monoisotopic (exact) mass is 564 g/mol. The molecule has 6 rings (SSSR count). The van der Waals surface area contributed by atoms with Crippen LogP contribution in [-0.2, 0) is 9.59 Å². The molecule has 4 aliphatic carbocycles. The number of amides is 2. The molecule has 2 atom stereocenters. The molecule has 1 aromatic carbocycles. The highest BCUT2D eigenvalue weighted by molar-refractivity contribution is 6.42. The van der Waals surface area contributed by atoms with Crippen molar-refractivity contribution >= 4 is 35.0 Å². The standard InChI is InChI=1S/C29H42Cl2N4O3/c30-22-9-8-21(14-23(22)31)38-16-24(36)34-27-17-28(18-27,19-27)35-26(37)25-29(20(15-32)10-13-33-25)11-6-4-2-1-3-5-7-12-29/h8-9,14,20,25,33H,1-7,10-13,15-19,32H2,(H,34,36)(H,35,37). The molecule has 5 aliphatic rings. The molecule has 4 saturated carbocycles. The topological polar surface area (TPSA) is 105 Å². The van der Waals surface area contributed by atoms with Crippen LogP contribution in [0.5, 0.6) is 5.75 Å². The Morgan fingerprint density at radius 3 is 2.21 bits per heavy atom. The lowest BCUT2D eigenvalue weighted by Gasteiger charge is -2.70. The number of halogens is 2. The maximum atomic E-state index is 13.8. The van der Waals surface area contributed by atoms with E-state index in [1.807, 2.05) is 0 Å². The van der Waals surface area contributed by atoms with Crippen LogP contribution in [-0.4, -0.2) is 48.6 Å². The zero-order valence-electron chi connectivity index (χ0n) is 22.3. The van der Waals surface area contributed by atoms with Crippen LogP contribution in [0.25, 0.3) is 0 Å². The number of carbonyl (C=O) groups is 2. The maximum Gasteiger partial charge on any atom is 0.258 e. The summed E-state index contributed by atoms with van der Waals surface area (Å²) in [5.41, 5.74) is 5.82. The number of rotatable bonds is 7. The maximum absolute atomic E-state index is 13.8. The lowest BCUT2D eigenvalue weighted by Crippen LogP contribution is -2.85. The molecule has 1 saturated heterocycles. The number of hydrogen-bond acceptors (Lipinski definition) is 5. The third kappa shape index (κ3) is 5.67. The Morgan fingerprint density at radius 2 is 1.58 bits per heavy atom. The van der Waals surface area contributed by atoms with Gasteiger partial charge in [0.2, 0.25) is 5.91 Å². The minimum Gasteiger partial charge on any atom is -0.484 e. The number of nitrogens with two attached hydrogens (primary N) is 1. The average molecular weight is 566 g/mol. The van der Waals surface area contributed by atoms with Gasteiger partial charge in [0.05, 0.1) is 16.1 Å². The largest absolute Gasteiger partial charge is 0.484 e. The van der Waals surface area contributed by atoms with Crippen molar-refractivity contribution in [1.29, 1.82) is 0 Å². The Labute approximate surface area is 236 Å². The number of ether oxygens (including phenoxy) is 1. The van der Waals surface area contributed by atoms with E-state index in [4.69, 9.17) is 33.7 Å². The van der Waals surface area contributed by atoms with Crippen molar-refractivity contribution in [2.24, 2.45) is 17.1 Å². The Balaban J connectivity index is 1.15. The summed E-state index contributed by atoms with van der Waals surface area (Å²) < 4.78 is 5.58. The highest BCUT2D eigenvalue weighted by Crippen LogP contribution is 2.60. The van der Waals surface area contributed by atoms with Gasteiger partial charge in [-0.15, -0.1) is 0 Å². The third-order valence-corrected chi connectivity index (χ3v) is 10.4. The van der Waals surface area contributed by atoms with Crippen molar-refractivity contribution in [1.82, 2.24) is 16.0 Å². The van der Waals surface area contributed by atoms with Gasteiger partial charge in [-0.25, -0.2) is 0 Å². The number of nitrogens with one attached hydrogen (secondary N) is 3. The third-order valence-electron chi connectivity index (χ3n) is 9.64. The van der Waals surface area contributed by atoms with Crippen LogP contribution in [0.2, 0.25) is 10.0 Å². The second-order valence-corrected chi connectivity index (χ2v) is 13.1. The van der Waals surface area contributed by atoms with Gasteiger partial charge in [0.15, 0.2) is 6.61 Å². The minimum atomic E-state index is -0.237. The van der Waals surface area contributed by atoms with Crippen LogP contribution in [0.1, 0.15) is 83.5 Å². The number of benzene rings is 1. The first kappa shape index (κ1) is 28.0. The molecular formula is C29H42Cl2N4O3. The van der Waals surface area contributed by atoms with Gasteiger partial charge < -0.3 is 26.4 Å². The van der Waals surface area contributed by atoms with Gasteiger partial charge >= 0.3 is 0 Å². The fourth-order valence-electron chi connectivity index (χ4n) is 7.88. The normalized spacial score (nSPS) is 32.4. The molecular weight excluding hydrogens is 523 g/mol. The second kappa shape index (κ2) is 11.5. The van der Waals surface area contributed by atoms with Crippen LogP contribution in [0.3, 0.4) is 0 Å². The van der Waals surface area contributed by atoms with E-state index in [9.17, 15) is 9.59 Å². The lowest BCUT2D eigenvalue weighted by molar-refractivity contribution is -0.155. The van der Waals surface area contributed by atoms with E-state index in [1.165, 1.54) is 44.9 Å². The molecule has 2 bridgehead atoms. The molecule has 38 heavy (non-hydrogen) atoms. The molecule has 0 aromatic heterocycles. The number of carbonyl (C=O) groups excluding carboxylic acids is 2. The molecule has 1 spiro atoms. The molecule has 1 aliphatic heterocycles. The van der Waals surface area contributed by atoms with Gasteiger partial charge in [-0.2, -0.15) is 0 Å². The summed E-state index contributed by atoms with van der Waals surface area (Å²) in [5, 5.41) is 11.0. The zero-order valence-corrected chi connectivity index (χ0v) is 23.8. The van der Waals surface area contributed by atoms with E-state index in [0.29, 0.717) is 28.3 Å². The van der Waals surface area contributed by atoms with Crippen molar-refractivity contribution in [2.45, 2.75) is 101 Å².